The first kappa shape index (κ1) is 34.7. The first-order valence-electron chi connectivity index (χ1n) is 15.7. The highest BCUT2D eigenvalue weighted by molar-refractivity contribution is 5.97. The molecule has 3 aromatic rings. The molecule has 0 spiro atoms. The molecule has 1 heterocycles. The first-order chi connectivity index (χ1) is 21.1. The van der Waals surface area contributed by atoms with Crippen LogP contribution in [0.5, 0.6) is 0 Å². The van der Waals surface area contributed by atoms with Gasteiger partial charge < -0.3 is 9.84 Å². The molecule has 0 aliphatic rings. The topological polar surface area (TPSA) is 89.4 Å². The Kier molecular flexibility index (Phi) is 13.8. The predicted octanol–water partition coefficient (Wildman–Crippen LogP) is 9.86. The summed E-state index contributed by atoms with van der Waals surface area (Å²) < 4.78 is 45.3. The lowest BCUT2D eigenvalue weighted by Gasteiger charge is -2.20. The van der Waals surface area contributed by atoms with E-state index in [-0.39, 0.29) is 17.5 Å². The Morgan fingerprint density at radius 3 is 1.95 bits per heavy atom. The second-order valence-electron chi connectivity index (χ2n) is 11.2. The summed E-state index contributed by atoms with van der Waals surface area (Å²) >= 11 is 0. The molecular formula is C35H43F3N2O4. The smallest absolute Gasteiger partial charge is 0.425 e. The van der Waals surface area contributed by atoms with Crippen LogP contribution in [-0.2, 0) is 11.2 Å². The molecule has 0 bridgehead atoms. The van der Waals surface area contributed by atoms with Crippen LogP contribution in [0.25, 0.3) is 22.5 Å². The van der Waals surface area contributed by atoms with Crippen LogP contribution in [0.15, 0.2) is 54.9 Å². The van der Waals surface area contributed by atoms with Gasteiger partial charge in [0.1, 0.15) is 0 Å². The maximum atomic E-state index is 13.5. The van der Waals surface area contributed by atoms with Crippen molar-refractivity contribution in [3.8, 4) is 22.5 Å². The van der Waals surface area contributed by atoms with E-state index in [0.717, 1.165) is 31.2 Å². The van der Waals surface area contributed by atoms with E-state index in [2.05, 4.69) is 16.9 Å². The van der Waals surface area contributed by atoms with E-state index in [9.17, 15) is 27.9 Å². The van der Waals surface area contributed by atoms with Crippen LogP contribution >= 0.6 is 0 Å². The zero-order valence-corrected chi connectivity index (χ0v) is 25.7. The molecule has 9 heteroatoms. The van der Waals surface area contributed by atoms with Gasteiger partial charge >= 0.3 is 18.1 Å². The van der Waals surface area contributed by atoms with Crippen LogP contribution in [0.4, 0.5) is 13.2 Å². The normalized spacial score (nSPS) is 12.2. The fourth-order valence-electron chi connectivity index (χ4n) is 5.06. The summed E-state index contributed by atoms with van der Waals surface area (Å²) in [5.41, 5.74) is 2.49. The number of hydrogen-bond acceptors (Lipinski definition) is 5. The van der Waals surface area contributed by atoms with Gasteiger partial charge in [0.25, 0.3) is 0 Å². The maximum absolute atomic E-state index is 13.5. The quantitative estimate of drug-likeness (QED) is 0.114. The number of aromatic carboxylic acids is 1. The molecule has 2 aromatic carbocycles. The van der Waals surface area contributed by atoms with Gasteiger partial charge in [-0.1, -0.05) is 89.8 Å². The lowest BCUT2D eigenvalue weighted by molar-refractivity contribution is -0.206. The van der Waals surface area contributed by atoms with Crippen LogP contribution in [0.1, 0.15) is 117 Å². The van der Waals surface area contributed by atoms with Crippen LogP contribution in [0.2, 0.25) is 0 Å². The number of nitrogens with zero attached hydrogens (tertiary/aromatic N) is 2. The van der Waals surface area contributed by atoms with E-state index < -0.39 is 24.2 Å². The van der Waals surface area contributed by atoms with Gasteiger partial charge in [-0.2, -0.15) is 13.2 Å². The van der Waals surface area contributed by atoms with Gasteiger partial charge in [-0.05, 0) is 66.6 Å². The van der Waals surface area contributed by atoms with Gasteiger partial charge in [-0.15, -0.1) is 0 Å². The predicted molar refractivity (Wildman–Crippen MR) is 166 cm³/mol. The van der Waals surface area contributed by atoms with Crippen molar-refractivity contribution in [2.75, 3.05) is 0 Å². The number of rotatable bonds is 18. The maximum Gasteiger partial charge on any atom is 0.425 e. The highest BCUT2D eigenvalue weighted by Gasteiger charge is 2.42. The Balaban J connectivity index is 1.71. The van der Waals surface area contributed by atoms with Crippen molar-refractivity contribution >= 4 is 11.9 Å². The molecule has 0 saturated carbocycles. The number of halogens is 3. The fraction of sp³-hybridized carbons (Fsp3) is 0.486. The third-order valence-corrected chi connectivity index (χ3v) is 7.65. The van der Waals surface area contributed by atoms with Crippen molar-refractivity contribution in [1.29, 1.82) is 0 Å². The monoisotopic (exact) mass is 612 g/mol. The fourth-order valence-corrected chi connectivity index (χ4v) is 5.06. The number of aryl methyl sites for hydroxylation is 1. The molecule has 1 unspecified atom stereocenters. The van der Waals surface area contributed by atoms with Gasteiger partial charge in [0.05, 0.1) is 11.1 Å². The minimum Gasteiger partial charge on any atom is -0.478 e. The lowest BCUT2D eigenvalue weighted by Crippen LogP contribution is -2.33. The number of hydrogen-bond donors (Lipinski definition) is 1. The SMILES string of the molecule is CCCCCCCCCc1cnc(-c2ccc(C(=O)O)c(-c3ccc(C(=O)OC(CCCCCC)C(F)(F)F)cc3)c2)nc1. The Labute approximate surface area is 258 Å². The molecule has 0 aliphatic carbocycles. The molecule has 1 atom stereocenters. The molecule has 1 N–H and O–H groups in total. The third-order valence-electron chi connectivity index (χ3n) is 7.65. The lowest BCUT2D eigenvalue weighted by atomic mass is 9.96. The van der Waals surface area contributed by atoms with Crippen LogP contribution < -0.4 is 0 Å². The molecule has 238 valence electrons. The molecule has 1 aromatic heterocycles. The molecule has 0 saturated heterocycles. The van der Waals surface area contributed by atoms with Gasteiger partial charge in [0.15, 0.2) is 11.9 Å². The average Bonchev–Trinajstić information content (AvgIpc) is 3.01. The number of carbonyl (C=O) groups excluding carboxylic acids is 1. The van der Waals surface area contributed by atoms with Crippen molar-refractivity contribution in [3.63, 3.8) is 0 Å². The number of carboxylic acid groups (broad SMARTS) is 1. The zero-order chi connectivity index (χ0) is 32.0. The summed E-state index contributed by atoms with van der Waals surface area (Å²) in [7, 11) is 0. The van der Waals surface area contributed by atoms with Crippen molar-refractivity contribution < 1.29 is 32.6 Å². The Hall–Kier alpha value is -3.75. The van der Waals surface area contributed by atoms with E-state index in [1.54, 1.807) is 24.5 Å². The highest BCUT2D eigenvalue weighted by Crippen LogP contribution is 2.31. The standard InChI is InChI=1S/C35H43F3N2O4/c1-3-5-7-9-10-11-12-14-25-23-39-32(40-24-25)28-20-21-29(33(41)42)30(22-28)26-16-18-27(19-17-26)34(43)44-31(35(36,37)38)15-13-8-6-4-2/h16-24,31H,3-15H2,1-2H3,(H,41,42). The third kappa shape index (κ3) is 10.8. The number of unbranched alkanes of at least 4 members (excludes halogenated alkanes) is 9. The van der Waals surface area contributed by atoms with Gasteiger partial charge in [0.2, 0.25) is 0 Å². The second-order valence-corrected chi connectivity index (χ2v) is 11.2. The Bertz CT molecular complexity index is 1330. The van der Waals surface area contributed by atoms with Crippen molar-refractivity contribution in [3.05, 3.63) is 71.5 Å². The van der Waals surface area contributed by atoms with E-state index in [4.69, 9.17) is 4.74 Å². The number of benzene rings is 2. The first-order valence-corrected chi connectivity index (χ1v) is 15.7. The number of aromatic nitrogens is 2. The van der Waals surface area contributed by atoms with Gasteiger partial charge in [0, 0.05) is 18.0 Å². The van der Waals surface area contributed by atoms with E-state index in [0.29, 0.717) is 35.4 Å². The van der Waals surface area contributed by atoms with Gasteiger partial charge in [-0.25, -0.2) is 19.6 Å². The largest absolute Gasteiger partial charge is 0.478 e. The number of ether oxygens (including phenoxy) is 1. The molecule has 0 amide bonds. The second kappa shape index (κ2) is 17.5. The number of alkyl halides is 3. The summed E-state index contributed by atoms with van der Waals surface area (Å²) in [5, 5.41) is 9.80. The number of esters is 1. The van der Waals surface area contributed by atoms with Crippen molar-refractivity contribution in [2.24, 2.45) is 0 Å². The highest BCUT2D eigenvalue weighted by atomic mass is 19.4. The minimum atomic E-state index is -4.66. The zero-order valence-electron chi connectivity index (χ0n) is 25.7. The Morgan fingerprint density at radius 1 is 0.795 bits per heavy atom. The molecular weight excluding hydrogens is 569 g/mol. The molecule has 3 rings (SSSR count). The number of carbonyl (C=O) groups is 2. The molecule has 0 fully saturated rings. The van der Waals surface area contributed by atoms with E-state index >= 15 is 0 Å². The van der Waals surface area contributed by atoms with Crippen molar-refractivity contribution in [1.82, 2.24) is 9.97 Å². The van der Waals surface area contributed by atoms with Crippen molar-refractivity contribution in [2.45, 2.75) is 110 Å². The minimum absolute atomic E-state index is 0.0313. The van der Waals surface area contributed by atoms with E-state index in [1.807, 2.05) is 6.92 Å². The summed E-state index contributed by atoms with van der Waals surface area (Å²) in [5.74, 6) is -1.77. The summed E-state index contributed by atoms with van der Waals surface area (Å²) in [6, 6.07) is 10.5. The van der Waals surface area contributed by atoms with Crippen LogP contribution in [0, 0.1) is 0 Å². The van der Waals surface area contributed by atoms with Crippen LogP contribution in [-0.4, -0.2) is 39.3 Å². The van der Waals surface area contributed by atoms with Gasteiger partial charge in [-0.3, -0.25) is 0 Å². The summed E-state index contributed by atoms with van der Waals surface area (Å²) in [4.78, 5) is 33.6. The Morgan fingerprint density at radius 2 is 1.36 bits per heavy atom. The summed E-state index contributed by atoms with van der Waals surface area (Å²) in [6.45, 7) is 4.17. The molecule has 0 radical (unpaired) electrons. The number of carboxylic acids is 1. The molecule has 0 aliphatic heterocycles. The summed E-state index contributed by atoms with van der Waals surface area (Å²) in [6.07, 6.45) is 8.56. The van der Waals surface area contributed by atoms with E-state index in [1.165, 1.54) is 68.9 Å². The molecule has 44 heavy (non-hydrogen) atoms. The van der Waals surface area contributed by atoms with Crippen LogP contribution in [0.3, 0.4) is 0 Å². The molecule has 6 nitrogen and oxygen atoms in total. The average molecular weight is 613 g/mol.